The number of aromatic nitrogens is 2. The molecule has 2 aromatic rings. The smallest absolute Gasteiger partial charge is 0.287 e. The van der Waals surface area contributed by atoms with Crippen LogP contribution in [-0.2, 0) is 0 Å². The molecule has 7 heteroatoms. The molecule has 1 aromatic carbocycles. The molecule has 0 radical (unpaired) electrons. The van der Waals surface area contributed by atoms with E-state index in [1.54, 1.807) is 18.2 Å². The third kappa shape index (κ3) is 2.73. The number of nitrogens with two attached hydrogens (primary N) is 1. The first kappa shape index (κ1) is 13.6. The lowest BCUT2D eigenvalue weighted by Gasteiger charge is -2.23. The molecule has 110 valence electrons. The Labute approximate surface area is 121 Å². The molecule has 0 spiro atoms. The summed E-state index contributed by atoms with van der Waals surface area (Å²) in [6.07, 6.45) is 1.80. The number of primary amides is 1. The van der Waals surface area contributed by atoms with Crippen molar-refractivity contribution in [1.82, 2.24) is 20.6 Å². The van der Waals surface area contributed by atoms with Crippen LogP contribution in [0, 0.1) is 0 Å². The average molecular weight is 287 g/mol. The van der Waals surface area contributed by atoms with Crippen molar-refractivity contribution in [3.8, 4) is 0 Å². The zero-order chi connectivity index (χ0) is 14.8. The van der Waals surface area contributed by atoms with Crippen LogP contribution in [0.2, 0.25) is 0 Å². The number of nitrogens with zero attached hydrogens (tertiary/aromatic N) is 1. The number of imidazole rings is 1. The minimum absolute atomic E-state index is 0.155. The normalized spacial score (nSPS) is 16.0. The summed E-state index contributed by atoms with van der Waals surface area (Å²) in [6.45, 7) is 1.80. The summed E-state index contributed by atoms with van der Waals surface area (Å²) >= 11 is 0. The molecule has 1 saturated heterocycles. The first-order chi connectivity index (χ1) is 10.1. The van der Waals surface area contributed by atoms with Crippen LogP contribution in [0.4, 0.5) is 0 Å². The van der Waals surface area contributed by atoms with Crippen LogP contribution in [0.5, 0.6) is 0 Å². The fourth-order valence-electron chi connectivity index (χ4n) is 2.56. The molecule has 1 fully saturated rings. The van der Waals surface area contributed by atoms with Crippen molar-refractivity contribution in [1.29, 1.82) is 0 Å². The lowest BCUT2D eigenvalue weighted by atomic mass is 10.1. The highest BCUT2D eigenvalue weighted by atomic mass is 16.2. The molecule has 1 aliphatic rings. The largest absolute Gasteiger partial charge is 0.366 e. The molecule has 0 aliphatic carbocycles. The molecule has 1 aromatic heterocycles. The Morgan fingerprint density at radius 1 is 1.29 bits per heavy atom. The Morgan fingerprint density at radius 2 is 2.05 bits per heavy atom. The number of benzene rings is 1. The van der Waals surface area contributed by atoms with E-state index in [2.05, 4.69) is 20.6 Å². The van der Waals surface area contributed by atoms with E-state index in [-0.39, 0.29) is 17.8 Å². The summed E-state index contributed by atoms with van der Waals surface area (Å²) in [5.41, 5.74) is 6.68. The lowest BCUT2D eigenvalue weighted by Crippen LogP contribution is -2.43. The molecule has 2 amide bonds. The second kappa shape index (κ2) is 5.53. The van der Waals surface area contributed by atoms with Gasteiger partial charge in [-0.2, -0.15) is 0 Å². The van der Waals surface area contributed by atoms with E-state index in [0.717, 1.165) is 25.9 Å². The van der Waals surface area contributed by atoms with Gasteiger partial charge in [-0.1, -0.05) is 6.07 Å². The monoisotopic (exact) mass is 287 g/mol. The van der Waals surface area contributed by atoms with Gasteiger partial charge in [0, 0.05) is 6.04 Å². The van der Waals surface area contributed by atoms with Crippen LogP contribution >= 0.6 is 0 Å². The topological polar surface area (TPSA) is 113 Å². The number of hydrogen-bond acceptors (Lipinski definition) is 4. The van der Waals surface area contributed by atoms with Gasteiger partial charge >= 0.3 is 0 Å². The van der Waals surface area contributed by atoms with Crippen LogP contribution in [0.25, 0.3) is 11.0 Å². The Hall–Kier alpha value is -2.41. The second-order valence-electron chi connectivity index (χ2n) is 5.15. The molecule has 0 atom stereocenters. The lowest BCUT2D eigenvalue weighted by molar-refractivity contribution is 0.0919. The van der Waals surface area contributed by atoms with Gasteiger partial charge in [0.05, 0.1) is 11.1 Å². The predicted octanol–water partition coefficient (Wildman–Crippen LogP) is 0.144. The first-order valence-corrected chi connectivity index (χ1v) is 6.95. The van der Waals surface area contributed by atoms with E-state index in [4.69, 9.17) is 5.73 Å². The predicted molar refractivity (Wildman–Crippen MR) is 78.0 cm³/mol. The molecule has 21 heavy (non-hydrogen) atoms. The number of carbonyl (C=O) groups excluding carboxylic acids is 2. The van der Waals surface area contributed by atoms with Crippen molar-refractivity contribution in [2.24, 2.45) is 5.73 Å². The minimum Gasteiger partial charge on any atom is -0.366 e. The van der Waals surface area contributed by atoms with Crippen molar-refractivity contribution in [3.05, 3.63) is 29.6 Å². The third-order valence-corrected chi connectivity index (χ3v) is 3.67. The first-order valence-electron chi connectivity index (χ1n) is 6.95. The van der Waals surface area contributed by atoms with Crippen LogP contribution in [-0.4, -0.2) is 40.9 Å². The average Bonchev–Trinajstić information content (AvgIpc) is 2.92. The molecule has 0 saturated carbocycles. The van der Waals surface area contributed by atoms with Gasteiger partial charge in [-0.05, 0) is 38.1 Å². The number of piperidine rings is 1. The summed E-state index contributed by atoms with van der Waals surface area (Å²) in [7, 11) is 0. The number of para-hydroxylation sites is 1. The molecule has 0 bridgehead atoms. The maximum absolute atomic E-state index is 12.2. The maximum Gasteiger partial charge on any atom is 0.287 e. The van der Waals surface area contributed by atoms with E-state index in [0.29, 0.717) is 16.6 Å². The van der Waals surface area contributed by atoms with E-state index in [9.17, 15) is 9.59 Å². The summed E-state index contributed by atoms with van der Waals surface area (Å²) in [6, 6.07) is 5.22. The summed E-state index contributed by atoms with van der Waals surface area (Å²) < 4.78 is 0. The minimum atomic E-state index is -0.558. The van der Waals surface area contributed by atoms with Gasteiger partial charge in [-0.15, -0.1) is 0 Å². The fraction of sp³-hybridized carbons (Fsp3) is 0.357. The zero-order valence-corrected chi connectivity index (χ0v) is 11.5. The van der Waals surface area contributed by atoms with Gasteiger partial charge in [0.2, 0.25) is 0 Å². The van der Waals surface area contributed by atoms with Crippen LogP contribution in [0.15, 0.2) is 18.2 Å². The van der Waals surface area contributed by atoms with Crippen molar-refractivity contribution in [2.45, 2.75) is 18.9 Å². The van der Waals surface area contributed by atoms with Crippen molar-refractivity contribution in [2.75, 3.05) is 13.1 Å². The van der Waals surface area contributed by atoms with Crippen molar-refractivity contribution < 1.29 is 9.59 Å². The Bertz CT molecular complexity index is 688. The highest BCUT2D eigenvalue weighted by Crippen LogP contribution is 2.16. The Morgan fingerprint density at radius 3 is 2.76 bits per heavy atom. The number of rotatable bonds is 3. The second-order valence-corrected chi connectivity index (χ2v) is 5.15. The number of aromatic amines is 1. The standard InChI is InChI=1S/C14H17N5O2/c15-12(20)9-2-1-3-10-11(9)19-13(18-10)14(21)17-8-4-6-16-7-5-8/h1-3,8,16H,4-7H2,(H2,15,20)(H,17,21)(H,18,19). The van der Waals surface area contributed by atoms with Crippen molar-refractivity contribution >= 4 is 22.8 Å². The molecule has 3 rings (SSSR count). The van der Waals surface area contributed by atoms with Crippen LogP contribution in [0.3, 0.4) is 0 Å². The molecule has 0 unspecified atom stereocenters. The number of carbonyl (C=O) groups is 2. The zero-order valence-electron chi connectivity index (χ0n) is 11.5. The SMILES string of the molecule is NC(=O)c1cccc2[nH]c(C(=O)NC3CCNCC3)nc12. The summed E-state index contributed by atoms with van der Waals surface area (Å²) in [5.74, 6) is -0.608. The number of H-pyrrole nitrogens is 1. The highest BCUT2D eigenvalue weighted by Gasteiger charge is 2.19. The third-order valence-electron chi connectivity index (χ3n) is 3.67. The van der Waals surface area contributed by atoms with Crippen LogP contribution < -0.4 is 16.4 Å². The number of fused-ring (bicyclic) bond motifs is 1. The van der Waals surface area contributed by atoms with E-state index in [1.807, 2.05) is 0 Å². The van der Waals surface area contributed by atoms with Crippen molar-refractivity contribution in [3.63, 3.8) is 0 Å². The number of amides is 2. The molecular formula is C14H17N5O2. The Balaban J connectivity index is 1.85. The molecule has 7 nitrogen and oxygen atoms in total. The van der Waals surface area contributed by atoms with Gasteiger partial charge in [0.25, 0.3) is 11.8 Å². The van der Waals surface area contributed by atoms with Gasteiger partial charge < -0.3 is 21.4 Å². The quantitative estimate of drug-likeness (QED) is 0.643. The van der Waals surface area contributed by atoms with E-state index < -0.39 is 5.91 Å². The molecular weight excluding hydrogens is 270 g/mol. The van der Waals surface area contributed by atoms with E-state index in [1.165, 1.54) is 0 Å². The van der Waals surface area contributed by atoms with E-state index >= 15 is 0 Å². The molecule has 1 aliphatic heterocycles. The highest BCUT2D eigenvalue weighted by molar-refractivity contribution is 6.05. The molecule has 5 N–H and O–H groups in total. The maximum atomic E-state index is 12.2. The molecule has 2 heterocycles. The van der Waals surface area contributed by atoms with Gasteiger partial charge in [0.15, 0.2) is 5.82 Å². The van der Waals surface area contributed by atoms with Crippen LogP contribution in [0.1, 0.15) is 33.8 Å². The Kier molecular flexibility index (Phi) is 3.57. The summed E-state index contributed by atoms with van der Waals surface area (Å²) in [5, 5.41) is 6.20. The fourth-order valence-corrected chi connectivity index (χ4v) is 2.56. The van der Waals surface area contributed by atoms with Gasteiger partial charge in [-0.25, -0.2) is 4.98 Å². The number of hydrogen-bond donors (Lipinski definition) is 4. The van der Waals surface area contributed by atoms with Gasteiger partial charge in [-0.3, -0.25) is 9.59 Å². The van der Waals surface area contributed by atoms with Gasteiger partial charge in [0.1, 0.15) is 5.52 Å². The number of nitrogens with one attached hydrogen (secondary N) is 3. The summed E-state index contributed by atoms with van der Waals surface area (Å²) in [4.78, 5) is 30.7.